The predicted octanol–water partition coefficient (Wildman–Crippen LogP) is 3.19. The second kappa shape index (κ2) is 4.87. The van der Waals surface area contributed by atoms with Crippen LogP contribution in [0.5, 0.6) is 0 Å². The van der Waals surface area contributed by atoms with E-state index in [0.717, 1.165) is 29.5 Å². The lowest BCUT2D eigenvalue weighted by atomic mass is 9.71. The summed E-state index contributed by atoms with van der Waals surface area (Å²) in [5, 5.41) is 19.1. The van der Waals surface area contributed by atoms with Gasteiger partial charge in [0.2, 0.25) is 0 Å². The SMILES string of the molecule is C/C(=C\CO)c1ccc2c(c1)C(O)CCC2(C)C. The van der Waals surface area contributed by atoms with Crippen LogP contribution < -0.4 is 0 Å². The monoisotopic (exact) mass is 246 g/mol. The third-order valence-corrected chi connectivity index (χ3v) is 4.04. The summed E-state index contributed by atoms with van der Waals surface area (Å²) in [5.41, 5.74) is 4.58. The fraction of sp³-hybridized carbons (Fsp3) is 0.500. The van der Waals surface area contributed by atoms with E-state index in [1.165, 1.54) is 5.56 Å². The van der Waals surface area contributed by atoms with Crippen molar-refractivity contribution in [3.63, 3.8) is 0 Å². The van der Waals surface area contributed by atoms with Crippen LogP contribution in [0.4, 0.5) is 0 Å². The maximum atomic E-state index is 10.2. The van der Waals surface area contributed by atoms with Crippen LogP contribution >= 0.6 is 0 Å². The lowest BCUT2D eigenvalue weighted by Gasteiger charge is -2.35. The first kappa shape index (κ1) is 13.3. The quantitative estimate of drug-likeness (QED) is 0.841. The van der Waals surface area contributed by atoms with Gasteiger partial charge in [-0.25, -0.2) is 0 Å². The van der Waals surface area contributed by atoms with E-state index in [9.17, 15) is 5.11 Å². The largest absolute Gasteiger partial charge is 0.392 e. The second-order valence-electron chi connectivity index (χ2n) is 5.81. The molecule has 0 bridgehead atoms. The van der Waals surface area contributed by atoms with E-state index in [2.05, 4.69) is 32.0 Å². The zero-order valence-corrected chi connectivity index (χ0v) is 11.4. The van der Waals surface area contributed by atoms with Gasteiger partial charge in [-0.05, 0) is 53.5 Å². The van der Waals surface area contributed by atoms with Crippen LogP contribution in [-0.2, 0) is 5.41 Å². The van der Waals surface area contributed by atoms with E-state index >= 15 is 0 Å². The molecule has 1 unspecified atom stereocenters. The molecule has 2 rings (SSSR count). The van der Waals surface area contributed by atoms with Crippen molar-refractivity contribution < 1.29 is 10.2 Å². The predicted molar refractivity (Wildman–Crippen MR) is 74.4 cm³/mol. The Labute approximate surface area is 109 Å². The number of hydrogen-bond acceptors (Lipinski definition) is 2. The van der Waals surface area contributed by atoms with Crippen LogP contribution in [0.1, 0.15) is 56.4 Å². The summed E-state index contributed by atoms with van der Waals surface area (Å²) in [6, 6.07) is 6.28. The zero-order chi connectivity index (χ0) is 13.3. The normalized spacial score (nSPS) is 22.7. The summed E-state index contributed by atoms with van der Waals surface area (Å²) in [6.07, 6.45) is 3.29. The minimum Gasteiger partial charge on any atom is -0.392 e. The number of allylic oxidation sites excluding steroid dienone is 1. The number of aliphatic hydroxyl groups is 2. The maximum absolute atomic E-state index is 10.2. The fourth-order valence-corrected chi connectivity index (χ4v) is 2.74. The molecule has 98 valence electrons. The van der Waals surface area contributed by atoms with Gasteiger partial charge in [0.25, 0.3) is 0 Å². The molecule has 2 heteroatoms. The molecule has 0 radical (unpaired) electrons. The summed E-state index contributed by atoms with van der Waals surface area (Å²) >= 11 is 0. The Balaban J connectivity index is 2.48. The molecular formula is C16H22O2. The Morgan fingerprint density at radius 3 is 2.83 bits per heavy atom. The van der Waals surface area contributed by atoms with Crippen molar-refractivity contribution in [3.05, 3.63) is 41.0 Å². The van der Waals surface area contributed by atoms with E-state index in [1.807, 2.05) is 6.92 Å². The van der Waals surface area contributed by atoms with Gasteiger partial charge in [-0.1, -0.05) is 32.1 Å². The Morgan fingerprint density at radius 2 is 2.17 bits per heavy atom. The fourth-order valence-electron chi connectivity index (χ4n) is 2.74. The number of benzene rings is 1. The first-order valence-corrected chi connectivity index (χ1v) is 6.56. The van der Waals surface area contributed by atoms with Crippen molar-refractivity contribution in [1.29, 1.82) is 0 Å². The molecule has 0 amide bonds. The van der Waals surface area contributed by atoms with Gasteiger partial charge in [0.05, 0.1) is 12.7 Å². The molecule has 0 fully saturated rings. The molecular weight excluding hydrogens is 224 g/mol. The second-order valence-corrected chi connectivity index (χ2v) is 5.81. The van der Waals surface area contributed by atoms with E-state index in [1.54, 1.807) is 6.08 Å². The molecule has 2 N–H and O–H groups in total. The summed E-state index contributed by atoms with van der Waals surface area (Å²) < 4.78 is 0. The summed E-state index contributed by atoms with van der Waals surface area (Å²) in [7, 11) is 0. The highest BCUT2D eigenvalue weighted by Gasteiger charge is 2.31. The first-order valence-electron chi connectivity index (χ1n) is 6.56. The van der Waals surface area contributed by atoms with Crippen molar-refractivity contribution >= 4 is 5.57 Å². The molecule has 0 spiro atoms. The topological polar surface area (TPSA) is 40.5 Å². The van der Waals surface area contributed by atoms with Crippen molar-refractivity contribution in [2.24, 2.45) is 0 Å². The van der Waals surface area contributed by atoms with Gasteiger partial charge >= 0.3 is 0 Å². The van der Waals surface area contributed by atoms with E-state index in [0.29, 0.717) is 0 Å². The van der Waals surface area contributed by atoms with E-state index in [-0.39, 0.29) is 18.1 Å². The van der Waals surface area contributed by atoms with Gasteiger partial charge in [0.1, 0.15) is 0 Å². The van der Waals surface area contributed by atoms with Crippen molar-refractivity contribution in [1.82, 2.24) is 0 Å². The first-order chi connectivity index (χ1) is 8.45. The van der Waals surface area contributed by atoms with Gasteiger partial charge < -0.3 is 10.2 Å². The molecule has 0 heterocycles. The molecule has 0 aliphatic heterocycles. The highest BCUT2D eigenvalue weighted by Crippen LogP contribution is 2.42. The molecule has 1 aromatic rings. The van der Waals surface area contributed by atoms with Crippen LogP contribution in [0.3, 0.4) is 0 Å². The molecule has 18 heavy (non-hydrogen) atoms. The summed E-state index contributed by atoms with van der Waals surface area (Å²) in [6.45, 7) is 6.50. The van der Waals surface area contributed by atoms with Gasteiger partial charge in [-0.15, -0.1) is 0 Å². The Kier molecular flexibility index (Phi) is 3.60. The molecule has 0 saturated carbocycles. The van der Waals surface area contributed by atoms with E-state index in [4.69, 9.17) is 5.11 Å². The van der Waals surface area contributed by atoms with Crippen molar-refractivity contribution in [3.8, 4) is 0 Å². The lowest BCUT2D eigenvalue weighted by Crippen LogP contribution is -2.26. The molecule has 1 atom stereocenters. The Morgan fingerprint density at radius 1 is 1.44 bits per heavy atom. The van der Waals surface area contributed by atoms with Crippen LogP contribution in [0.25, 0.3) is 5.57 Å². The van der Waals surface area contributed by atoms with Gasteiger partial charge in [-0.2, -0.15) is 0 Å². The molecule has 2 nitrogen and oxygen atoms in total. The van der Waals surface area contributed by atoms with Gasteiger partial charge in [0, 0.05) is 0 Å². The number of aliphatic hydroxyl groups excluding tert-OH is 2. The standard InChI is InChI=1S/C16H22O2/c1-11(7-9-17)12-4-5-14-13(10-12)15(18)6-8-16(14,2)3/h4-5,7,10,15,17-18H,6,8-9H2,1-3H3/b11-7+. The van der Waals surface area contributed by atoms with Crippen LogP contribution in [0.2, 0.25) is 0 Å². The van der Waals surface area contributed by atoms with Crippen LogP contribution in [0, 0.1) is 0 Å². The number of fused-ring (bicyclic) bond motifs is 1. The molecule has 1 aromatic carbocycles. The van der Waals surface area contributed by atoms with Crippen molar-refractivity contribution in [2.45, 2.75) is 45.1 Å². The molecule has 0 saturated heterocycles. The summed E-state index contributed by atoms with van der Waals surface area (Å²) in [5.74, 6) is 0. The molecule has 1 aliphatic rings. The summed E-state index contributed by atoms with van der Waals surface area (Å²) in [4.78, 5) is 0. The number of hydrogen-bond donors (Lipinski definition) is 2. The maximum Gasteiger partial charge on any atom is 0.0793 e. The molecule has 1 aliphatic carbocycles. The van der Waals surface area contributed by atoms with Crippen LogP contribution in [0.15, 0.2) is 24.3 Å². The van der Waals surface area contributed by atoms with Gasteiger partial charge in [-0.3, -0.25) is 0 Å². The minimum absolute atomic E-state index is 0.0525. The third-order valence-electron chi connectivity index (χ3n) is 4.04. The Bertz CT molecular complexity index is 472. The highest BCUT2D eigenvalue weighted by atomic mass is 16.3. The smallest absolute Gasteiger partial charge is 0.0793 e. The van der Waals surface area contributed by atoms with E-state index < -0.39 is 0 Å². The average molecular weight is 246 g/mol. The third kappa shape index (κ3) is 2.36. The highest BCUT2D eigenvalue weighted by molar-refractivity contribution is 5.65. The zero-order valence-electron chi connectivity index (χ0n) is 11.4. The van der Waals surface area contributed by atoms with Crippen molar-refractivity contribution in [2.75, 3.05) is 6.61 Å². The van der Waals surface area contributed by atoms with Crippen LogP contribution in [-0.4, -0.2) is 16.8 Å². The Hall–Kier alpha value is -1.12. The average Bonchev–Trinajstić information content (AvgIpc) is 2.34. The van der Waals surface area contributed by atoms with Gasteiger partial charge in [0.15, 0.2) is 0 Å². The molecule has 0 aromatic heterocycles. The minimum atomic E-state index is -0.352. The lowest BCUT2D eigenvalue weighted by molar-refractivity contribution is 0.139. The number of rotatable bonds is 2.